The number of rotatable bonds is 6. The molecule has 0 atom stereocenters. The van der Waals surface area contributed by atoms with Gasteiger partial charge in [0, 0.05) is 19.1 Å². The maximum Gasteiger partial charge on any atom is 0.225 e. The van der Waals surface area contributed by atoms with Crippen molar-refractivity contribution >= 4 is 18.2 Å². The first kappa shape index (κ1) is 13.6. The molecule has 4 nitrogen and oxygen atoms in total. The van der Waals surface area contributed by atoms with Crippen LogP contribution in [0.4, 0.5) is 5.95 Å². The smallest absolute Gasteiger partial charge is 0.225 e. The summed E-state index contributed by atoms with van der Waals surface area (Å²) in [4.78, 5) is 2.37. The van der Waals surface area contributed by atoms with E-state index in [1.165, 1.54) is 25.7 Å². The number of aromatic nitrogens is 3. The van der Waals surface area contributed by atoms with Crippen LogP contribution in [0.5, 0.6) is 0 Å². The van der Waals surface area contributed by atoms with E-state index >= 15 is 0 Å². The molecule has 0 saturated heterocycles. The van der Waals surface area contributed by atoms with Crippen molar-refractivity contribution in [3.05, 3.63) is 4.77 Å². The zero-order valence-electron chi connectivity index (χ0n) is 11.5. The van der Waals surface area contributed by atoms with E-state index in [0.29, 0.717) is 6.04 Å². The molecule has 2 rings (SSSR count). The van der Waals surface area contributed by atoms with Crippen LogP contribution >= 0.6 is 12.2 Å². The van der Waals surface area contributed by atoms with Gasteiger partial charge in [-0.1, -0.05) is 26.7 Å². The lowest BCUT2D eigenvalue weighted by Gasteiger charge is -2.25. The first-order chi connectivity index (χ1) is 8.77. The van der Waals surface area contributed by atoms with E-state index < -0.39 is 0 Å². The molecule has 18 heavy (non-hydrogen) atoms. The normalized spacial score (nSPS) is 16.3. The molecule has 102 valence electrons. The Morgan fingerprint density at radius 1 is 1.28 bits per heavy atom. The first-order valence-corrected chi connectivity index (χ1v) is 7.60. The van der Waals surface area contributed by atoms with Crippen LogP contribution in [0.15, 0.2) is 0 Å². The number of nitrogens with one attached hydrogen (secondary N) is 1. The van der Waals surface area contributed by atoms with E-state index in [4.69, 9.17) is 12.2 Å². The lowest BCUT2D eigenvalue weighted by atomic mass is 10.2. The molecule has 0 spiro atoms. The van der Waals surface area contributed by atoms with Crippen LogP contribution in [0.1, 0.15) is 58.4 Å². The van der Waals surface area contributed by atoms with Crippen LogP contribution in [0, 0.1) is 4.77 Å². The molecule has 1 fully saturated rings. The average Bonchev–Trinajstić information content (AvgIpc) is 2.97. The predicted molar refractivity (Wildman–Crippen MR) is 77.7 cm³/mol. The lowest BCUT2D eigenvalue weighted by Crippen LogP contribution is -2.29. The summed E-state index contributed by atoms with van der Waals surface area (Å²) < 4.78 is 3.04. The molecule has 1 saturated carbocycles. The van der Waals surface area contributed by atoms with Gasteiger partial charge in [-0.3, -0.25) is 4.57 Å². The summed E-state index contributed by atoms with van der Waals surface area (Å²) in [5, 5.41) is 7.46. The highest BCUT2D eigenvalue weighted by atomic mass is 32.1. The van der Waals surface area contributed by atoms with Crippen LogP contribution in [0.25, 0.3) is 0 Å². The second-order valence-corrected chi connectivity index (χ2v) is 5.51. The molecule has 0 unspecified atom stereocenters. The minimum atomic E-state index is 0.558. The summed E-state index contributed by atoms with van der Waals surface area (Å²) in [7, 11) is 0. The summed E-state index contributed by atoms with van der Waals surface area (Å²) in [6, 6.07) is 0.558. The third kappa shape index (κ3) is 2.76. The minimum absolute atomic E-state index is 0.558. The van der Waals surface area contributed by atoms with Gasteiger partial charge < -0.3 is 4.90 Å². The third-order valence-corrected chi connectivity index (χ3v) is 3.93. The molecule has 0 aliphatic heterocycles. The molecule has 1 aliphatic rings. The minimum Gasteiger partial charge on any atom is -0.341 e. The Bertz CT molecular complexity index is 411. The van der Waals surface area contributed by atoms with Crippen molar-refractivity contribution in [2.75, 3.05) is 18.0 Å². The topological polar surface area (TPSA) is 36.9 Å². The van der Waals surface area contributed by atoms with Crippen LogP contribution in [-0.2, 0) is 0 Å². The zero-order valence-corrected chi connectivity index (χ0v) is 12.3. The van der Waals surface area contributed by atoms with Gasteiger partial charge in [0.1, 0.15) is 0 Å². The highest BCUT2D eigenvalue weighted by molar-refractivity contribution is 7.71. The number of hydrogen-bond acceptors (Lipinski definition) is 3. The van der Waals surface area contributed by atoms with E-state index in [1.807, 2.05) is 0 Å². The standard InChI is InChI=1S/C13H24N4S/c1-3-9-16(10-4-2)12-14-15-13(18)17(12)11-7-5-6-8-11/h11H,3-10H2,1-2H3,(H,15,18). The number of H-pyrrole nitrogens is 1. The summed E-state index contributed by atoms with van der Waals surface area (Å²) in [5.74, 6) is 1.05. The van der Waals surface area contributed by atoms with Gasteiger partial charge in [0.25, 0.3) is 0 Å². The van der Waals surface area contributed by atoms with Crippen molar-refractivity contribution in [2.24, 2.45) is 0 Å². The van der Waals surface area contributed by atoms with E-state index in [0.717, 1.165) is 36.7 Å². The van der Waals surface area contributed by atoms with Crippen molar-refractivity contribution in [1.82, 2.24) is 14.8 Å². The Balaban J connectivity index is 2.27. The molecule has 0 bridgehead atoms. The SMILES string of the molecule is CCCN(CCC)c1n[nH]c(=S)n1C1CCCC1. The quantitative estimate of drug-likeness (QED) is 0.800. The molecule has 1 aromatic rings. The average molecular weight is 268 g/mol. The van der Waals surface area contributed by atoms with Crippen molar-refractivity contribution in [1.29, 1.82) is 0 Å². The van der Waals surface area contributed by atoms with Crippen LogP contribution in [0.3, 0.4) is 0 Å². The number of aromatic amines is 1. The van der Waals surface area contributed by atoms with Crippen LogP contribution in [-0.4, -0.2) is 27.9 Å². The molecule has 5 heteroatoms. The maximum atomic E-state index is 5.42. The third-order valence-electron chi connectivity index (χ3n) is 3.65. The fourth-order valence-electron chi connectivity index (χ4n) is 2.86. The predicted octanol–water partition coefficient (Wildman–Crippen LogP) is 3.68. The second-order valence-electron chi connectivity index (χ2n) is 5.12. The largest absolute Gasteiger partial charge is 0.341 e. The Morgan fingerprint density at radius 3 is 2.44 bits per heavy atom. The van der Waals surface area contributed by atoms with E-state index in [9.17, 15) is 0 Å². The van der Waals surface area contributed by atoms with Gasteiger partial charge >= 0.3 is 0 Å². The number of nitrogens with zero attached hydrogens (tertiary/aromatic N) is 3. The highest BCUT2D eigenvalue weighted by Crippen LogP contribution is 2.32. The molecular formula is C13H24N4S. The van der Waals surface area contributed by atoms with Crippen molar-refractivity contribution < 1.29 is 0 Å². The van der Waals surface area contributed by atoms with Gasteiger partial charge in [-0.2, -0.15) is 0 Å². The Morgan fingerprint density at radius 2 is 1.89 bits per heavy atom. The summed E-state index contributed by atoms with van der Waals surface area (Å²) in [6.07, 6.45) is 7.41. The van der Waals surface area contributed by atoms with E-state index in [1.54, 1.807) is 0 Å². The van der Waals surface area contributed by atoms with Gasteiger partial charge in [0.15, 0.2) is 4.77 Å². The first-order valence-electron chi connectivity index (χ1n) is 7.19. The Hall–Kier alpha value is -0.840. The highest BCUT2D eigenvalue weighted by Gasteiger charge is 2.23. The molecule has 1 heterocycles. The van der Waals surface area contributed by atoms with Gasteiger partial charge in [-0.15, -0.1) is 5.10 Å². The molecule has 1 aromatic heterocycles. The zero-order chi connectivity index (χ0) is 13.0. The fraction of sp³-hybridized carbons (Fsp3) is 0.846. The maximum absolute atomic E-state index is 5.42. The molecular weight excluding hydrogens is 244 g/mol. The fourth-order valence-corrected chi connectivity index (χ4v) is 3.14. The Kier molecular flexibility index (Phi) is 4.80. The monoisotopic (exact) mass is 268 g/mol. The van der Waals surface area contributed by atoms with Crippen LogP contribution in [0.2, 0.25) is 0 Å². The summed E-state index contributed by atoms with van der Waals surface area (Å²) in [6.45, 7) is 6.54. The molecule has 1 aliphatic carbocycles. The van der Waals surface area contributed by atoms with Crippen molar-refractivity contribution in [2.45, 2.75) is 58.4 Å². The molecule has 0 amide bonds. The number of anilines is 1. The van der Waals surface area contributed by atoms with E-state index in [-0.39, 0.29) is 0 Å². The lowest BCUT2D eigenvalue weighted by molar-refractivity contribution is 0.504. The number of hydrogen-bond donors (Lipinski definition) is 1. The second kappa shape index (κ2) is 6.36. The summed E-state index contributed by atoms with van der Waals surface area (Å²) in [5.41, 5.74) is 0. The summed E-state index contributed by atoms with van der Waals surface area (Å²) >= 11 is 5.42. The molecule has 0 radical (unpaired) electrons. The Labute approximate surface area is 114 Å². The van der Waals surface area contributed by atoms with Gasteiger partial charge in [-0.05, 0) is 37.9 Å². The van der Waals surface area contributed by atoms with Crippen molar-refractivity contribution in [3.8, 4) is 0 Å². The van der Waals surface area contributed by atoms with Crippen molar-refractivity contribution in [3.63, 3.8) is 0 Å². The van der Waals surface area contributed by atoms with Gasteiger partial charge in [-0.25, -0.2) is 5.10 Å². The van der Waals surface area contributed by atoms with Gasteiger partial charge in [0.05, 0.1) is 0 Å². The molecule has 0 aromatic carbocycles. The van der Waals surface area contributed by atoms with Gasteiger partial charge in [0.2, 0.25) is 5.95 Å². The van der Waals surface area contributed by atoms with Crippen LogP contribution < -0.4 is 4.90 Å². The van der Waals surface area contributed by atoms with E-state index in [2.05, 4.69) is 33.5 Å². The molecule has 1 N–H and O–H groups in total.